The number of hydrogen-bond donors (Lipinski definition) is 1. The molecule has 5 atom stereocenters. The van der Waals surface area contributed by atoms with E-state index < -0.39 is 17.6 Å². The fourth-order valence-corrected chi connectivity index (χ4v) is 7.47. The molecule has 0 radical (unpaired) electrons. The van der Waals surface area contributed by atoms with Crippen molar-refractivity contribution in [1.29, 1.82) is 0 Å². The van der Waals surface area contributed by atoms with Crippen molar-refractivity contribution in [3.8, 4) is 5.75 Å². The lowest BCUT2D eigenvalue weighted by Gasteiger charge is -2.41. The van der Waals surface area contributed by atoms with Crippen LogP contribution in [0.2, 0.25) is 5.02 Å². The number of carbonyl (C=O) groups is 1. The Morgan fingerprint density at radius 3 is 2.65 bits per heavy atom. The largest absolute Gasteiger partial charge is 0.478 e. The third-order valence-electron chi connectivity index (χ3n) is 9.61. The lowest BCUT2D eigenvalue weighted by molar-refractivity contribution is -0.236. The molecule has 10 heteroatoms. The van der Waals surface area contributed by atoms with Gasteiger partial charge in [0.25, 0.3) is 0 Å². The highest BCUT2D eigenvalue weighted by Gasteiger charge is 2.62. The number of para-hydroxylation sites is 1. The minimum Gasteiger partial charge on any atom is -0.478 e. The zero-order valence-corrected chi connectivity index (χ0v) is 24.3. The number of benzene rings is 3. The monoisotopic (exact) mass is 603 g/mol. The quantitative estimate of drug-likeness (QED) is 0.277. The van der Waals surface area contributed by atoms with Crippen LogP contribution in [0.25, 0.3) is 11.0 Å². The molecule has 222 valence electrons. The van der Waals surface area contributed by atoms with Crippen molar-refractivity contribution in [3.05, 3.63) is 94.0 Å². The molecule has 3 fully saturated rings. The Morgan fingerprint density at radius 2 is 1.93 bits per heavy atom. The number of halogens is 2. The normalized spacial score (nSPS) is 29.5. The Balaban J connectivity index is 1.03. The van der Waals surface area contributed by atoms with Gasteiger partial charge in [-0.1, -0.05) is 29.8 Å². The number of nitrogens with zero attached hydrogens (tertiary/aromatic N) is 3. The molecule has 1 N–H and O–H groups in total. The van der Waals surface area contributed by atoms with Gasteiger partial charge in [-0.05, 0) is 66.6 Å². The van der Waals surface area contributed by atoms with Crippen LogP contribution < -0.4 is 4.74 Å². The molecule has 8 rings (SSSR count). The average molecular weight is 604 g/mol. The molecule has 4 aromatic rings. The molecule has 0 bridgehead atoms. The maximum absolute atomic E-state index is 15.1. The Morgan fingerprint density at radius 1 is 1.14 bits per heavy atom. The Bertz CT molecular complexity index is 1750. The number of rotatable bonds is 7. The summed E-state index contributed by atoms with van der Waals surface area (Å²) < 4.78 is 35.9. The fraction of sp³-hybridized carbons (Fsp3) is 0.394. The predicted octanol–water partition coefficient (Wildman–Crippen LogP) is 6.02. The second-order valence-electron chi connectivity index (χ2n) is 12.3. The van der Waals surface area contributed by atoms with Crippen LogP contribution in [-0.2, 0) is 28.4 Å². The molecule has 3 aromatic carbocycles. The first-order chi connectivity index (χ1) is 20.8. The van der Waals surface area contributed by atoms with Gasteiger partial charge >= 0.3 is 5.97 Å². The summed E-state index contributed by atoms with van der Waals surface area (Å²) in [5.74, 6) is 0.0945. The van der Waals surface area contributed by atoms with E-state index in [1.54, 1.807) is 37.3 Å². The summed E-state index contributed by atoms with van der Waals surface area (Å²) in [6, 6.07) is 17.6. The van der Waals surface area contributed by atoms with E-state index in [-0.39, 0.29) is 23.7 Å². The third kappa shape index (κ3) is 4.61. The zero-order valence-electron chi connectivity index (χ0n) is 23.6. The Kier molecular flexibility index (Phi) is 6.31. The van der Waals surface area contributed by atoms with E-state index >= 15 is 4.39 Å². The maximum Gasteiger partial charge on any atom is 0.335 e. The van der Waals surface area contributed by atoms with Gasteiger partial charge in [0, 0.05) is 37.2 Å². The lowest BCUT2D eigenvalue weighted by Crippen LogP contribution is -2.40. The highest BCUT2D eigenvalue weighted by Crippen LogP contribution is 2.62. The van der Waals surface area contributed by atoms with Gasteiger partial charge in [-0.3, -0.25) is 4.90 Å². The van der Waals surface area contributed by atoms with Crippen molar-refractivity contribution in [2.24, 2.45) is 17.8 Å². The Hall–Kier alpha value is -3.50. The molecular weight excluding hydrogens is 573 g/mol. The van der Waals surface area contributed by atoms with Crippen molar-refractivity contribution >= 4 is 28.6 Å². The summed E-state index contributed by atoms with van der Waals surface area (Å²) in [5, 5.41) is 9.88. The average Bonchev–Trinajstić information content (AvgIpc) is 3.26. The molecule has 1 aliphatic carbocycles. The number of fused-ring (bicyclic) bond motifs is 3. The molecule has 4 aliphatic rings. The van der Waals surface area contributed by atoms with Gasteiger partial charge in [-0.25, -0.2) is 14.2 Å². The standard InChI is InChI=1S/C33H31ClFN3O5/c1-33(24-8-7-19(34)13-25(24)35)42-28-5-3-2-4-21(28)31(43-33)30-22-15-37(16-23(22)30)17-29-36-26-9-6-18(32(39)40)12-27(26)38(29)14-20-10-11-41-20/h2-9,12-13,20,22-23,30-31H,10-11,14-17H2,1H3,(H,39,40)/t20-,22?,23?,30?,31?,33?/m0/s1. The van der Waals surface area contributed by atoms with Crippen LogP contribution in [0.1, 0.15) is 46.8 Å². The highest BCUT2D eigenvalue weighted by atomic mass is 35.5. The van der Waals surface area contributed by atoms with Crippen LogP contribution >= 0.6 is 11.6 Å². The van der Waals surface area contributed by atoms with Crippen molar-refractivity contribution < 1.29 is 28.5 Å². The fourth-order valence-electron chi connectivity index (χ4n) is 7.31. The first-order valence-electron chi connectivity index (χ1n) is 14.7. The molecule has 4 unspecified atom stereocenters. The van der Waals surface area contributed by atoms with Crippen LogP contribution in [0, 0.1) is 23.6 Å². The van der Waals surface area contributed by atoms with E-state index in [0.717, 1.165) is 48.5 Å². The first-order valence-corrected chi connectivity index (χ1v) is 15.1. The number of likely N-dealkylation sites (tertiary alicyclic amines) is 1. The van der Waals surface area contributed by atoms with E-state index in [2.05, 4.69) is 9.47 Å². The van der Waals surface area contributed by atoms with E-state index in [1.807, 2.05) is 24.3 Å². The molecule has 3 aliphatic heterocycles. The molecular formula is C33H31ClFN3O5. The number of carboxylic acid groups (broad SMARTS) is 1. The second kappa shape index (κ2) is 10.0. The van der Waals surface area contributed by atoms with Gasteiger partial charge in [-0.15, -0.1) is 0 Å². The molecule has 0 spiro atoms. The summed E-state index contributed by atoms with van der Waals surface area (Å²) in [4.78, 5) is 19.0. The minimum absolute atomic E-state index is 0.117. The summed E-state index contributed by atoms with van der Waals surface area (Å²) in [5.41, 5.74) is 3.19. The molecule has 43 heavy (non-hydrogen) atoms. The smallest absolute Gasteiger partial charge is 0.335 e. The molecule has 4 heterocycles. The van der Waals surface area contributed by atoms with Crippen molar-refractivity contribution in [3.63, 3.8) is 0 Å². The second-order valence-corrected chi connectivity index (χ2v) is 12.7. The van der Waals surface area contributed by atoms with E-state index in [0.29, 0.717) is 41.3 Å². The molecule has 1 saturated carbocycles. The topological polar surface area (TPSA) is 86.1 Å². The summed E-state index contributed by atoms with van der Waals surface area (Å²) >= 11 is 6.03. The van der Waals surface area contributed by atoms with Gasteiger partial charge < -0.3 is 23.9 Å². The predicted molar refractivity (Wildman–Crippen MR) is 156 cm³/mol. The number of aromatic carboxylic acids is 1. The number of aromatic nitrogens is 2. The lowest BCUT2D eigenvalue weighted by atomic mass is 9.96. The van der Waals surface area contributed by atoms with Crippen LogP contribution in [0.3, 0.4) is 0 Å². The first kappa shape index (κ1) is 27.1. The van der Waals surface area contributed by atoms with E-state index in [1.165, 1.54) is 6.07 Å². The van der Waals surface area contributed by atoms with Gasteiger partial charge in [0.2, 0.25) is 5.79 Å². The van der Waals surface area contributed by atoms with Gasteiger partial charge in [0.05, 0.1) is 47.5 Å². The van der Waals surface area contributed by atoms with E-state index in [4.69, 9.17) is 30.8 Å². The highest BCUT2D eigenvalue weighted by molar-refractivity contribution is 6.30. The van der Waals surface area contributed by atoms with Gasteiger partial charge in [0.1, 0.15) is 17.4 Å². The summed E-state index contributed by atoms with van der Waals surface area (Å²) in [6.45, 7) is 5.65. The summed E-state index contributed by atoms with van der Waals surface area (Å²) in [6.07, 6.45) is 0.877. The van der Waals surface area contributed by atoms with Crippen LogP contribution in [0.15, 0.2) is 60.7 Å². The molecule has 2 saturated heterocycles. The molecule has 8 nitrogen and oxygen atoms in total. The number of hydrogen-bond acceptors (Lipinski definition) is 6. The van der Waals surface area contributed by atoms with Crippen LogP contribution in [-0.4, -0.2) is 51.3 Å². The minimum atomic E-state index is -1.28. The molecule has 1 aromatic heterocycles. The number of imidazole rings is 1. The van der Waals surface area contributed by atoms with Crippen LogP contribution in [0.5, 0.6) is 5.75 Å². The molecule has 0 amide bonds. The Labute approximate surface area is 252 Å². The van der Waals surface area contributed by atoms with Crippen molar-refractivity contribution in [2.45, 2.75) is 44.4 Å². The third-order valence-corrected chi connectivity index (χ3v) is 9.84. The summed E-state index contributed by atoms with van der Waals surface area (Å²) in [7, 11) is 0. The number of carboxylic acids is 1. The number of ether oxygens (including phenoxy) is 3. The zero-order chi connectivity index (χ0) is 29.5. The SMILES string of the molecule is CC1(c2ccc(Cl)cc2F)Oc2ccccc2C(C2C3CN(Cc4nc5ccc(C(=O)O)cc5n4C[C@@H]4CCO4)CC32)O1. The maximum atomic E-state index is 15.1. The van der Waals surface area contributed by atoms with Crippen LogP contribution in [0.4, 0.5) is 4.39 Å². The van der Waals surface area contributed by atoms with E-state index in [9.17, 15) is 9.90 Å². The van der Waals surface area contributed by atoms with Crippen molar-refractivity contribution in [2.75, 3.05) is 19.7 Å². The van der Waals surface area contributed by atoms with Gasteiger partial charge in [0.15, 0.2) is 0 Å². The van der Waals surface area contributed by atoms with Crippen molar-refractivity contribution in [1.82, 2.24) is 14.5 Å². The van der Waals surface area contributed by atoms with Gasteiger partial charge in [-0.2, -0.15) is 0 Å². The number of piperidine rings is 1.